The van der Waals surface area contributed by atoms with Crippen LogP contribution in [0.1, 0.15) is 31.7 Å². The fraction of sp³-hybridized carbons (Fsp3) is 0.308. The summed E-state index contributed by atoms with van der Waals surface area (Å²) in [5, 5.41) is 0. The Hall–Kier alpha value is -1.77. The van der Waals surface area contributed by atoms with Gasteiger partial charge in [-0.05, 0) is 24.0 Å². The van der Waals surface area contributed by atoms with Crippen molar-refractivity contribution in [2.75, 3.05) is 0 Å². The minimum Gasteiger partial charge on any atom is -0.403 e. The van der Waals surface area contributed by atoms with Crippen LogP contribution in [0, 0.1) is 0 Å². The molecule has 0 saturated carbocycles. The summed E-state index contributed by atoms with van der Waals surface area (Å²) in [5.74, 6) is 0.886. The van der Waals surface area contributed by atoms with Gasteiger partial charge < -0.3 is 9.47 Å². The summed E-state index contributed by atoms with van der Waals surface area (Å²) in [5.41, 5.74) is 1.01. The highest BCUT2D eigenvalue weighted by Gasteiger charge is 2.12. The molecule has 1 rings (SSSR count). The highest BCUT2D eigenvalue weighted by atomic mass is 16.7. The first-order valence-corrected chi connectivity index (χ1v) is 5.27. The number of ether oxygens (including phenoxy) is 2. The van der Waals surface area contributed by atoms with Gasteiger partial charge in [-0.25, -0.2) is 4.79 Å². The first kappa shape index (κ1) is 12.3. The minimum absolute atomic E-state index is 0.340. The maximum atomic E-state index is 11.2. The van der Waals surface area contributed by atoms with E-state index in [0.717, 1.165) is 18.2 Å². The molecule has 3 heteroatoms. The van der Waals surface area contributed by atoms with Crippen LogP contribution < -0.4 is 4.74 Å². The van der Waals surface area contributed by atoms with Gasteiger partial charge in [0.05, 0.1) is 6.26 Å². The average Bonchev–Trinajstić information content (AvgIpc) is 2.29. The first-order chi connectivity index (χ1) is 7.69. The molecule has 0 spiro atoms. The van der Waals surface area contributed by atoms with Gasteiger partial charge in [-0.15, -0.1) is 0 Å². The number of para-hydroxylation sites is 1. The Labute approximate surface area is 95.7 Å². The fourth-order valence-corrected chi connectivity index (χ4v) is 1.38. The number of hydrogen-bond donors (Lipinski definition) is 0. The lowest BCUT2D eigenvalue weighted by Crippen LogP contribution is -2.09. The molecule has 1 aromatic rings. The molecule has 1 atom stereocenters. The standard InChI is InChI=1S/C13H16O3/c1-4-10(3)11-8-6-7-9-12(11)16-13(14)15-5-2/h5-10H,2,4H2,1,3H3. The van der Waals surface area contributed by atoms with Gasteiger partial charge in [-0.3, -0.25) is 0 Å². The van der Waals surface area contributed by atoms with Crippen LogP contribution in [0.5, 0.6) is 5.75 Å². The normalized spacial score (nSPS) is 11.6. The highest BCUT2D eigenvalue weighted by molar-refractivity contribution is 5.65. The van der Waals surface area contributed by atoms with Gasteiger partial charge in [0, 0.05) is 0 Å². The molecule has 16 heavy (non-hydrogen) atoms. The lowest BCUT2D eigenvalue weighted by atomic mass is 9.98. The van der Waals surface area contributed by atoms with Gasteiger partial charge in [0.1, 0.15) is 5.75 Å². The molecule has 0 saturated heterocycles. The lowest BCUT2D eigenvalue weighted by molar-refractivity contribution is 0.135. The molecule has 0 radical (unpaired) electrons. The van der Waals surface area contributed by atoms with E-state index in [4.69, 9.17) is 4.74 Å². The quantitative estimate of drug-likeness (QED) is 0.439. The van der Waals surface area contributed by atoms with Crippen molar-refractivity contribution >= 4 is 6.16 Å². The van der Waals surface area contributed by atoms with E-state index >= 15 is 0 Å². The average molecular weight is 220 g/mol. The molecular formula is C13H16O3. The molecule has 0 N–H and O–H groups in total. The van der Waals surface area contributed by atoms with Gasteiger partial charge in [0.2, 0.25) is 0 Å². The molecule has 0 aliphatic rings. The molecule has 3 nitrogen and oxygen atoms in total. The maximum Gasteiger partial charge on any atom is 0.518 e. The van der Waals surface area contributed by atoms with E-state index < -0.39 is 6.16 Å². The van der Waals surface area contributed by atoms with E-state index in [9.17, 15) is 4.79 Å². The van der Waals surface area contributed by atoms with Gasteiger partial charge in [-0.1, -0.05) is 38.6 Å². The Morgan fingerprint density at radius 3 is 2.81 bits per heavy atom. The SMILES string of the molecule is C=COC(=O)Oc1ccccc1C(C)CC. The lowest BCUT2D eigenvalue weighted by Gasteiger charge is -2.13. The zero-order chi connectivity index (χ0) is 12.0. The molecule has 0 aliphatic heterocycles. The van der Waals surface area contributed by atoms with Gasteiger partial charge in [0.25, 0.3) is 0 Å². The molecule has 0 bridgehead atoms. The van der Waals surface area contributed by atoms with E-state index in [1.807, 2.05) is 18.2 Å². The van der Waals surface area contributed by atoms with Crippen LogP contribution in [0.15, 0.2) is 37.1 Å². The van der Waals surface area contributed by atoms with E-state index in [-0.39, 0.29) is 0 Å². The van der Waals surface area contributed by atoms with E-state index in [1.54, 1.807) is 6.07 Å². The molecular weight excluding hydrogens is 204 g/mol. The van der Waals surface area contributed by atoms with Crippen LogP contribution in [0.4, 0.5) is 4.79 Å². The van der Waals surface area contributed by atoms with Crippen molar-refractivity contribution in [2.24, 2.45) is 0 Å². The second kappa shape index (κ2) is 5.95. The molecule has 0 fully saturated rings. The summed E-state index contributed by atoms with van der Waals surface area (Å²) in [6, 6.07) is 7.45. The summed E-state index contributed by atoms with van der Waals surface area (Å²) in [7, 11) is 0. The summed E-state index contributed by atoms with van der Waals surface area (Å²) in [4.78, 5) is 11.2. The molecule has 1 unspecified atom stereocenters. The summed E-state index contributed by atoms with van der Waals surface area (Å²) in [6.45, 7) is 7.46. The van der Waals surface area contributed by atoms with Crippen molar-refractivity contribution in [3.63, 3.8) is 0 Å². The van der Waals surface area contributed by atoms with Crippen LogP contribution in [0.3, 0.4) is 0 Å². The Balaban J connectivity index is 2.86. The third kappa shape index (κ3) is 3.12. The smallest absolute Gasteiger partial charge is 0.403 e. The van der Waals surface area contributed by atoms with Crippen molar-refractivity contribution in [3.8, 4) is 5.75 Å². The Bertz CT molecular complexity index is 371. The molecule has 1 aromatic carbocycles. The Morgan fingerprint density at radius 1 is 1.50 bits per heavy atom. The number of benzene rings is 1. The van der Waals surface area contributed by atoms with Crippen LogP contribution in [0.2, 0.25) is 0 Å². The molecule has 86 valence electrons. The van der Waals surface area contributed by atoms with Crippen LogP contribution >= 0.6 is 0 Å². The largest absolute Gasteiger partial charge is 0.518 e. The van der Waals surface area contributed by atoms with Crippen molar-refractivity contribution in [3.05, 3.63) is 42.7 Å². The minimum atomic E-state index is -0.759. The van der Waals surface area contributed by atoms with Crippen molar-refractivity contribution < 1.29 is 14.3 Å². The van der Waals surface area contributed by atoms with E-state index in [2.05, 4.69) is 25.2 Å². The topological polar surface area (TPSA) is 35.5 Å². The Morgan fingerprint density at radius 2 is 2.19 bits per heavy atom. The first-order valence-electron chi connectivity index (χ1n) is 5.27. The van der Waals surface area contributed by atoms with Crippen LogP contribution in [-0.4, -0.2) is 6.16 Å². The predicted octanol–water partition coefficient (Wildman–Crippen LogP) is 3.86. The van der Waals surface area contributed by atoms with Gasteiger partial charge in [0.15, 0.2) is 0 Å². The Kier molecular flexibility index (Phi) is 4.58. The fourth-order valence-electron chi connectivity index (χ4n) is 1.38. The van der Waals surface area contributed by atoms with Crippen molar-refractivity contribution in [2.45, 2.75) is 26.2 Å². The third-order valence-corrected chi connectivity index (χ3v) is 2.44. The predicted molar refractivity (Wildman–Crippen MR) is 62.5 cm³/mol. The summed E-state index contributed by atoms with van der Waals surface area (Å²) in [6.07, 6.45) is 1.27. The zero-order valence-electron chi connectivity index (χ0n) is 9.60. The second-order valence-corrected chi connectivity index (χ2v) is 3.48. The summed E-state index contributed by atoms with van der Waals surface area (Å²) >= 11 is 0. The van der Waals surface area contributed by atoms with Crippen molar-refractivity contribution in [1.82, 2.24) is 0 Å². The second-order valence-electron chi connectivity index (χ2n) is 3.48. The zero-order valence-corrected chi connectivity index (χ0v) is 9.60. The molecule has 0 aromatic heterocycles. The number of carbonyl (C=O) groups is 1. The summed E-state index contributed by atoms with van der Waals surface area (Å²) < 4.78 is 9.59. The third-order valence-electron chi connectivity index (χ3n) is 2.44. The molecule has 0 heterocycles. The van der Waals surface area contributed by atoms with Crippen molar-refractivity contribution in [1.29, 1.82) is 0 Å². The van der Waals surface area contributed by atoms with Crippen LogP contribution in [0.25, 0.3) is 0 Å². The number of rotatable bonds is 4. The van der Waals surface area contributed by atoms with Gasteiger partial charge in [-0.2, -0.15) is 0 Å². The molecule has 0 aliphatic carbocycles. The van der Waals surface area contributed by atoms with Crippen LogP contribution in [-0.2, 0) is 4.74 Å². The van der Waals surface area contributed by atoms with Gasteiger partial charge >= 0.3 is 6.16 Å². The number of hydrogen-bond acceptors (Lipinski definition) is 3. The maximum absolute atomic E-state index is 11.2. The number of carbonyl (C=O) groups excluding carboxylic acids is 1. The monoisotopic (exact) mass is 220 g/mol. The van der Waals surface area contributed by atoms with E-state index in [1.165, 1.54) is 0 Å². The molecule has 0 amide bonds. The van der Waals surface area contributed by atoms with E-state index in [0.29, 0.717) is 11.7 Å². The highest BCUT2D eigenvalue weighted by Crippen LogP contribution is 2.28.